The molecule has 0 aliphatic rings. The zero-order valence-electron chi connectivity index (χ0n) is 11.9. The van der Waals surface area contributed by atoms with Crippen molar-refractivity contribution in [2.45, 2.75) is 11.0 Å². The normalized spacial score (nSPS) is 11.6. The maximum Gasteiger partial charge on any atom is 0.336 e. The van der Waals surface area contributed by atoms with E-state index < -0.39 is 15.1 Å². The van der Waals surface area contributed by atoms with E-state index in [4.69, 9.17) is 39.2 Å². The summed E-state index contributed by atoms with van der Waals surface area (Å²) in [5.41, 5.74) is 0.963. The SMILES string of the molecule is O=S(=O)(Cc1ccc(Cl)cc1)c1nnc(-c2ccc(Cl)cc2Cl)o1. The molecule has 5 nitrogen and oxygen atoms in total. The first kappa shape index (κ1) is 17.2. The Morgan fingerprint density at radius 3 is 2.25 bits per heavy atom. The molecule has 0 fully saturated rings. The van der Waals surface area contributed by atoms with Gasteiger partial charge in [-0.3, -0.25) is 0 Å². The van der Waals surface area contributed by atoms with Crippen molar-refractivity contribution < 1.29 is 12.8 Å². The van der Waals surface area contributed by atoms with Crippen LogP contribution < -0.4 is 0 Å². The van der Waals surface area contributed by atoms with Gasteiger partial charge < -0.3 is 4.42 Å². The number of halogens is 3. The number of nitrogens with zero attached hydrogens (tertiary/aromatic N) is 2. The Bertz CT molecular complexity index is 985. The lowest BCUT2D eigenvalue weighted by molar-refractivity contribution is 0.439. The van der Waals surface area contributed by atoms with Crippen molar-refractivity contribution >= 4 is 44.6 Å². The summed E-state index contributed by atoms with van der Waals surface area (Å²) in [6, 6.07) is 11.1. The molecule has 0 atom stereocenters. The molecular formula is C15H9Cl3N2O3S. The molecule has 2 aromatic carbocycles. The van der Waals surface area contributed by atoms with Gasteiger partial charge in [0.25, 0.3) is 0 Å². The molecule has 24 heavy (non-hydrogen) atoms. The van der Waals surface area contributed by atoms with Crippen molar-refractivity contribution in [2.24, 2.45) is 0 Å². The van der Waals surface area contributed by atoms with E-state index in [1.54, 1.807) is 36.4 Å². The third kappa shape index (κ3) is 3.72. The van der Waals surface area contributed by atoms with Gasteiger partial charge in [-0.1, -0.05) is 52.0 Å². The molecule has 0 saturated heterocycles. The standard InChI is InChI=1S/C15H9Cl3N2O3S/c16-10-3-1-9(2-4-10)8-24(21,22)15-20-19-14(23-15)12-6-5-11(17)7-13(12)18/h1-7H,8H2. The monoisotopic (exact) mass is 402 g/mol. The lowest BCUT2D eigenvalue weighted by Crippen LogP contribution is -2.05. The summed E-state index contributed by atoms with van der Waals surface area (Å²) >= 11 is 17.7. The molecule has 0 aliphatic carbocycles. The minimum Gasteiger partial charge on any atom is -0.408 e. The smallest absolute Gasteiger partial charge is 0.336 e. The summed E-state index contributed by atoms with van der Waals surface area (Å²) in [6.45, 7) is 0. The van der Waals surface area contributed by atoms with Crippen LogP contribution in [0.3, 0.4) is 0 Å². The first-order chi connectivity index (χ1) is 11.3. The van der Waals surface area contributed by atoms with Crippen LogP contribution in [0.25, 0.3) is 11.5 Å². The molecule has 0 saturated carbocycles. The second-order valence-electron chi connectivity index (χ2n) is 4.88. The van der Waals surface area contributed by atoms with Gasteiger partial charge in [0.15, 0.2) is 0 Å². The fourth-order valence-electron chi connectivity index (χ4n) is 1.97. The van der Waals surface area contributed by atoms with Gasteiger partial charge in [-0.05, 0) is 35.9 Å². The highest BCUT2D eigenvalue weighted by Gasteiger charge is 2.24. The molecule has 0 amide bonds. The Hall–Kier alpha value is -1.60. The van der Waals surface area contributed by atoms with E-state index in [1.807, 2.05) is 0 Å². The van der Waals surface area contributed by atoms with E-state index in [2.05, 4.69) is 10.2 Å². The zero-order chi connectivity index (χ0) is 17.3. The predicted octanol–water partition coefficient (Wildman–Crippen LogP) is 4.67. The Kier molecular flexibility index (Phi) is 4.83. The summed E-state index contributed by atoms with van der Waals surface area (Å²) in [4.78, 5) is 0. The van der Waals surface area contributed by atoms with Crippen molar-refractivity contribution in [3.8, 4) is 11.5 Å². The molecule has 1 aromatic heterocycles. The number of hydrogen-bond donors (Lipinski definition) is 0. The van der Waals surface area contributed by atoms with Crippen LogP contribution in [0.1, 0.15) is 5.56 Å². The van der Waals surface area contributed by atoms with E-state index in [0.29, 0.717) is 21.2 Å². The molecule has 0 N–H and O–H groups in total. The third-order valence-electron chi connectivity index (χ3n) is 3.10. The molecule has 0 spiro atoms. The van der Waals surface area contributed by atoms with Crippen LogP contribution in [0.5, 0.6) is 0 Å². The highest BCUT2D eigenvalue weighted by atomic mass is 35.5. The van der Waals surface area contributed by atoms with E-state index in [-0.39, 0.29) is 16.7 Å². The maximum absolute atomic E-state index is 12.4. The van der Waals surface area contributed by atoms with Crippen LogP contribution in [0.2, 0.25) is 15.1 Å². The Morgan fingerprint density at radius 2 is 1.58 bits per heavy atom. The average molecular weight is 404 g/mol. The molecule has 0 bridgehead atoms. The lowest BCUT2D eigenvalue weighted by Gasteiger charge is -2.01. The van der Waals surface area contributed by atoms with Gasteiger partial charge in [0.05, 0.1) is 16.3 Å². The van der Waals surface area contributed by atoms with Crippen molar-refractivity contribution in [1.82, 2.24) is 10.2 Å². The zero-order valence-corrected chi connectivity index (χ0v) is 15.0. The summed E-state index contributed by atoms with van der Waals surface area (Å²) < 4.78 is 30.1. The van der Waals surface area contributed by atoms with Crippen LogP contribution >= 0.6 is 34.8 Å². The largest absolute Gasteiger partial charge is 0.408 e. The number of sulfone groups is 1. The maximum atomic E-state index is 12.4. The van der Waals surface area contributed by atoms with Gasteiger partial charge in [0.2, 0.25) is 15.7 Å². The van der Waals surface area contributed by atoms with E-state index >= 15 is 0 Å². The van der Waals surface area contributed by atoms with Crippen LogP contribution in [-0.2, 0) is 15.6 Å². The minimum absolute atomic E-state index is 0.00588. The molecule has 3 rings (SSSR count). The molecular weight excluding hydrogens is 395 g/mol. The molecule has 124 valence electrons. The van der Waals surface area contributed by atoms with Crippen molar-refractivity contribution in [2.75, 3.05) is 0 Å². The van der Waals surface area contributed by atoms with Gasteiger partial charge in [-0.15, -0.1) is 5.10 Å². The molecule has 9 heteroatoms. The molecule has 0 radical (unpaired) electrons. The Morgan fingerprint density at radius 1 is 0.917 bits per heavy atom. The highest BCUT2D eigenvalue weighted by Crippen LogP contribution is 2.30. The second kappa shape index (κ2) is 6.72. The first-order valence-electron chi connectivity index (χ1n) is 6.61. The highest BCUT2D eigenvalue weighted by molar-refractivity contribution is 7.90. The second-order valence-corrected chi connectivity index (χ2v) is 8.03. The molecule has 0 aliphatic heterocycles. The van der Waals surface area contributed by atoms with Gasteiger partial charge in [0, 0.05) is 10.0 Å². The van der Waals surface area contributed by atoms with E-state index in [9.17, 15) is 8.42 Å². The molecule has 3 aromatic rings. The van der Waals surface area contributed by atoms with Gasteiger partial charge >= 0.3 is 5.22 Å². The fourth-order valence-corrected chi connectivity index (χ4v) is 3.71. The first-order valence-corrected chi connectivity index (χ1v) is 9.40. The number of aromatic nitrogens is 2. The van der Waals surface area contributed by atoms with E-state index in [1.165, 1.54) is 6.07 Å². The van der Waals surface area contributed by atoms with E-state index in [0.717, 1.165) is 0 Å². The summed E-state index contributed by atoms with van der Waals surface area (Å²) in [7, 11) is -3.79. The van der Waals surface area contributed by atoms with Crippen LogP contribution in [0, 0.1) is 0 Å². The Balaban J connectivity index is 1.90. The number of rotatable bonds is 4. The topological polar surface area (TPSA) is 73.1 Å². The van der Waals surface area contributed by atoms with Crippen molar-refractivity contribution in [1.29, 1.82) is 0 Å². The fraction of sp³-hybridized carbons (Fsp3) is 0.0667. The van der Waals surface area contributed by atoms with Gasteiger partial charge in [-0.25, -0.2) is 8.42 Å². The number of benzene rings is 2. The third-order valence-corrected chi connectivity index (χ3v) is 5.31. The van der Waals surface area contributed by atoms with Gasteiger partial charge in [0.1, 0.15) is 0 Å². The summed E-state index contributed by atoms with van der Waals surface area (Å²) in [6.07, 6.45) is 0. The van der Waals surface area contributed by atoms with Crippen LogP contribution in [0.15, 0.2) is 52.1 Å². The quantitative estimate of drug-likeness (QED) is 0.633. The number of hydrogen-bond acceptors (Lipinski definition) is 5. The van der Waals surface area contributed by atoms with Crippen LogP contribution in [-0.4, -0.2) is 18.6 Å². The summed E-state index contributed by atoms with van der Waals surface area (Å²) in [5, 5.41) is 8.15. The van der Waals surface area contributed by atoms with Crippen LogP contribution in [0.4, 0.5) is 0 Å². The van der Waals surface area contributed by atoms with Crippen molar-refractivity contribution in [3.05, 3.63) is 63.1 Å². The van der Waals surface area contributed by atoms with Crippen molar-refractivity contribution in [3.63, 3.8) is 0 Å². The minimum atomic E-state index is -3.79. The molecule has 0 unspecified atom stereocenters. The van der Waals surface area contributed by atoms with Gasteiger partial charge in [-0.2, -0.15) is 0 Å². The summed E-state index contributed by atoms with van der Waals surface area (Å²) in [5.74, 6) is -0.272. The average Bonchev–Trinajstić information content (AvgIpc) is 3.00. The predicted molar refractivity (Wildman–Crippen MR) is 92.1 cm³/mol. The molecule has 1 heterocycles. The lowest BCUT2D eigenvalue weighted by atomic mass is 10.2. The Labute approximate surface area is 153 Å².